The van der Waals surface area contributed by atoms with Gasteiger partial charge in [0.05, 0.1) is 17.3 Å². The third-order valence-corrected chi connectivity index (χ3v) is 3.96. The van der Waals surface area contributed by atoms with Crippen LogP contribution in [0.15, 0.2) is 0 Å². The molecule has 0 radical (unpaired) electrons. The van der Waals surface area contributed by atoms with E-state index in [2.05, 4.69) is 12.0 Å². The summed E-state index contributed by atoms with van der Waals surface area (Å²) in [5.41, 5.74) is 8.50. The molecule has 2 rings (SSSR count). The zero-order valence-corrected chi connectivity index (χ0v) is 12.5. The molecule has 0 bridgehead atoms. The molecule has 1 amide bonds. The van der Waals surface area contributed by atoms with E-state index in [1.54, 1.807) is 13.8 Å². The van der Waals surface area contributed by atoms with Gasteiger partial charge in [-0.05, 0) is 40.5 Å². The van der Waals surface area contributed by atoms with Gasteiger partial charge in [-0.1, -0.05) is 0 Å². The van der Waals surface area contributed by atoms with Gasteiger partial charge in [0.2, 0.25) is 5.91 Å². The molecule has 0 saturated carbocycles. The van der Waals surface area contributed by atoms with Gasteiger partial charge in [-0.3, -0.25) is 9.48 Å². The fraction of sp³-hybridized carbons (Fsp3) is 0.714. The van der Waals surface area contributed by atoms with Crippen LogP contribution in [0.1, 0.15) is 49.7 Å². The number of hydrogen-bond acceptors (Lipinski definition) is 3. The first-order valence-corrected chi connectivity index (χ1v) is 6.83. The van der Waals surface area contributed by atoms with E-state index in [-0.39, 0.29) is 11.9 Å². The monoisotopic (exact) mass is 264 g/mol. The molecular formula is C14H24N4O. The van der Waals surface area contributed by atoms with Crippen molar-refractivity contribution in [3.63, 3.8) is 0 Å². The second-order valence-corrected chi connectivity index (χ2v) is 6.09. The van der Waals surface area contributed by atoms with Crippen molar-refractivity contribution in [3.05, 3.63) is 17.0 Å². The highest BCUT2D eigenvalue weighted by atomic mass is 16.2. The van der Waals surface area contributed by atoms with E-state index in [1.807, 2.05) is 23.6 Å². The van der Waals surface area contributed by atoms with E-state index in [0.717, 1.165) is 30.8 Å². The number of rotatable bonds is 2. The first kappa shape index (κ1) is 14.1. The van der Waals surface area contributed by atoms with Crippen LogP contribution in [0, 0.1) is 13.8 Å². The van der Waals surface area contributed by atoms with Crippen molar-refractivity contribution >= 4 is 5.91 Å². The van der Waals surface area contributed by atoms with E-state index >= 15 is 0 Å². The number of carbonyl (C=O) groups excluding carboxylic acids is 1. The maximum Gasteiger partial charge on any atom is 0.242 e. The van der Waals surface area contributed by atoms with Gasteiger partial charge in [0, 0.05) is 24.8 Å². The summed E-state index contributed by atoms with van der Waals surface area (Å²) in [5.74, 6) is 0.0256. The van der Waals surface area contributed by atoms with Crippen molar-refractivity contribution < 1.29 is 4.79 Å². The van der Waals surface area contributed by atoms with Crippen molar-refractivity contribution in [2.24, 2.45) is 12.8 Å². The number of nitrogens with zero attached hydrogens (tertiary/aromatic N) is 3. The number of aryl methyl sites for hydroxylation is 2. The van der Waals surface area contributed by atoms with E-state index in [1.165, 1.54) is 5.56 Å². The van der Waals surface area contributed by atoms with E-state index in [0.29, 0.717) is 0 Å². The largest absolute Gasteiger partial charge is 0.334 e. The number of nitrogens with two attached hydrogens (primary N) is 1. The van der Waals surface area contributed by atoms with Gasteiger partial charge >= 0.3 is 0 Å². The number of hydrogen-bond donors (Lipinski definition) is 1. The smallest absolute Gasteiger partial charge is 0.242 e. The van der Waals surface area contributed by atoms with Crippen LogP contribution in [0.4, 0.5) is 0 Å². The number of aromatic nitrogens is 2. The lowest BCUT2D eigenvalue weighted by atomic mass is 9.99. The van der Waals surface area contributed by atoms with Crippen molar-refractivity contribution in [3.8, 4) is 0 Å². The summed E-state index contributed by atoms with van der Waals surface area (Å²) in [6, 6.07) is 0.129. The second kappa shape index (κ2) is 4.63. The van der Waals surface area contributed by atoms with Crippen LogP contribution in [-0.4, -0.2) is 32.7 Å². The molecule has 106 valence electrons. The summed E-state index contributed by atoms with van der Waals surface area (Å²) in [6.07, 6.45) is 2.02. The van der Waals surface area contributed by atoms with Gasteiger partial charge in [0.1, 0.15) is 0 Å². The van der Waals surface area contributed by atoms with Gasteiger partial charge in [-0.2, -0.15) is 5.10 Å². The van der Waals surface area contributed by atoms with Gasteiger partial charge < -0.3 is 10.6 Å². The summed E-state index contributed by atoms with van der Waals surface area (Å²) in [5, 5.41) is 4.46. The predicted octanol–water partition coefficient (Wildman–Crippen LogP) is 1.44. The maximum atomic E-state index is 12.5. The van der Waals surface area contributed by atoms with Crippen LogP contribution in [0.2, 0.25) is 0 Å². The molecule has 1 aliphatic heterocycles. The molecule has 2 heterocycles. The molecule has 2 N–H and O–H groups in total. The van der Waals surface area contributed by atoms with Crippen LogP contribution >= 0.6 is 0 Å². The molecule has 1 unspecified atom stereocenters. The van der Waals surface area contributed by atoms with Crippen LogP contribution in [0.25, 0.3) is 0 Å². The van der Waals surface area contributed by atoms with Crippen molar-refractivity contribution in [1.29, 1.82) is 0 Å². The predicted molar refractivity (Wildman–Crippen MR) is 74.6 cm³/mol. The lowest BCUT2D eigenvalue weighted by Gasteiger charge is -2.31. The van der Waals surface area contributed by atoms with E-state index < -0.39 is 5.54 Å². The Hall–Kier alpha value is -1.36. The van der Waals surface area contributed by atoms with Crippen LogP contribution in [0.3, 0.4) is 0 Å². The van der Waals surface area contributed by atoms with Gasteiger partial charge in [-0.15, -0.1) is 0 Å². The molecule has 0 aliphatic carbocycles. The lowest BCUT2D eigenvalue weighted by Crippen LogP contribution is -2.50. The van der Waals surface area contributed by atoms with Gasteiger partial charge in [0.25, 0.3) is 0 Å². The van der Waals surface area contributed by atoms with Crippen molar-refractivity contribution in [2.45, 2.75) is 52.1 Å². The van der Waals surface area contributed by atoms with E-state index in [4.69, 9.17) is 5.73 Å². The Morgan fingerprint density at radius 1 is 1.42 bits per heavy atom. The molecule has 1 aliphatic rings. The zero-order chi connectivity index (χ0) is 14.4. The molecule has 1 saturated heterocycles. The van der Waals surface area contributed by atoms with Crippen LogP contribution in [0.5, 0.6) is 0 Å². The van der Waals surface area contributed by atoms with E-state index in [9.17, 15) is 4.79 Å². The van der Waals surface area contributed by atoms with Gasteiger partial charge in [0.15, 0.2) is 0 Å². The SMILES string of the molecule is Cc1nn(C)c(C)c1C1CCCN1C(=O)C(C)(C)N. The molecule has 5 nitrogen and oxygen atoms in total. The maximum absolute atomic E-state index is 12.5. The highest BCUT2D eigenvalue weighted by Gasteiger charge is 2.38. The number of amides is 1. The fourth-order valence-corrected chi connectivity index (χ4v) is 2.95. The summed E-state index contributed by atoms with van der Waals surface area (Å²) < 4.78 is 1.89. The van der Waals surface area contributed by atoms with Crippen LogP contribution in [-0.2, 0) is 11.8 Å². The summed E-state index contributed by atoms with van der Waals surface area (Å²) in [7, 11) is 1.94. The Bertz CT molecular complexity index is 498. The lowest BCUT2D eigenvalue weighted by molar-refractivity contribution is -0.136. The molecule has 1 aromatic heterocycles. The van der Waals surface area contributed by atoms with Gasteiger partial charge in [-0.25, -0.2) is 0 Å². The molecule has 19 heavy (non-hydrogen) atoms. The first-order valence-electron chi connectivity index (χ1n) is 6.83. The average Bonchev–Trinajstić information content (AvgIpc) is 2.83. The van der Waals surface area contributed by atoms with Crippen LogP contribution < -0.4 is 5.73 Å². The fourth-order valence-electron chi connectivity index (χ4n) is 2.95. The summed E-state index contributed by atoms with van der Waals surface area (Å²) in [6.45, 7) is 8.40. The quantitative estimate of drug-likeness (QED) is 0.879. The molecular weight excluding hydrogens is 240 g/mol. The zero-order valence-electron chi connectivity index (χ0n) is 12.5. The molecule has 1 atom stereocenters. The molecule has 1 fully saturated rings. The topological polar surface area (TPSA) is 64.2 Å². The average molecular weight is 264 g/mol. The minimum atomic E-state index is -0.813. The van der Waals surface area contributed by atoms with Crippen molar-refractivity contribution in [2.75, 3.05) is 6.54 Å². The highest BCUT2D eigenvalue weighted by molar-refractivity contribution is 5.85. The third kappa shape index (κ3) is 2.39. The third-order valence-electron chi connectivity index (χ3n) is 3.96. The Morgan fingerprint density at radius 3 is 2.53 bits per heavy atom. The summed E-state index contributed by atoms with van der Waals surface area (Å²) in [4.78, 5) is 14.4. The number of likely N-dealkylation sites (tertiary alicyclic amines) is 1. The van der Waals surface area contributed by atoms with Crippen molar-refractivity contribution in [1.82, 2.24) is 14.7 Å². The highest BCUT2D eigenvalue weighted by Crippen LogP contribution is 2.36. The Morgan fingerprint density at radius 2 is 2.05 bits per heavy atom. The first-order chi connectivity index (χ1) is 8.73. The standard InChI is InChI=1S/C14H24N4O/c1-9-12(10(2)17(5)16-9)11-7-6-8-18(11)13(19)14(3,4)15/h11H,6-8,15H2,1-5H3. The number of carbonyl (C=O) groups is 1. The molecule has 0 spiro atoms. The molecule has 0 aromatic carbocycles. The second-order valence-electron chi connectivity index (χ2n) is 6.09. The molecule has 1 aromatic rings. The molecule has 5 heteroatoms. The normalized spacial score (nSPS) is 20.1. The minimum absolute atomic E-state index is 0.0256. The summed E-state index contributed by atoms with van der Waals surface area (Å²) >= 11 is 0. The minimum Gasteiger partial charge on any atom is -0.334 e. The Labute approximate surface area is 114 Å². The Kier molecular flexibility index (Phi) is 3.43. The Balaban J connectivity index is 2.36.